The van der Waals surface area contributed by atoms with Crippen molar-refractivity contribution < 1.29 is 4.79 Å². The van der Waals surface area contributed by atoms with Gasteiger partial charge in [0.05, 0.1) is 11.9 Å². The monoisotopic (exact) mass is 207 g/mol. The second kappa shape index (κ2) is 4.87. The van der Waals surface area contributed by atoms with Crippen LogP contribution in [0.1, 0.15) is 49.8 Å². The molecule has 0 radical (unpaired) electrons. The van der Waals surface area contributed by atoms with Gasteiger partial charge in [0, 0.05) is 12.2 Å². The fourth-order valence-electron chi connectivity index (χ4n) is 1.09. The van der Waals surface area contributed by atoms with Gasteiger partial charge in [-0.05, 0) is 19.8 Å². The third-order valence-electron chi connectivity index (χ3n) is 1.92. The van der Waals surface area contributed by atoms with E-state index >= 15 is 0 Å². The summed E-state index contributed by atoms with van der Waals surface area (Å²) in [6.45, 7) is 7.90. The second-order valence-corrected chi connectivity index (χ2v) is 4.11. The summed E-state index contributed by atoms with van der Waals surface area (Å²) in [6, 6.07) is 0.115. The molecule has 0 atom stereocenters. The number of carbonyl (C=O) groups is 1. The summed E-state index contributed by atoms with van der Waals surface area (Å²) in [7, 11) is 0. The first-order valence-corrected chi connectivity index (χ1v) is 5.13. The van der Waals surface area contributed by atoms with Crippen LogP contribution in [0, 0.1) is 0 Å². The van der Waals surface area contributed by atoms with Crippen LogP contribution in [0.4, 0.5) is 0 Å². The molecule has 0 aliphatic rings. The van der Waals surface area contributed by atoms with Gasteiger partial charge in [-0.1, -0.05) is 13.8 Å². The maximum Gasteiger partial charge on any atom is 0.271 e. The van der Waals surface area contributed by atoms with Gasteiger partial charge in [0.1, 0.15) is 5.69 Å². The number of carbonyl (C=O) groups excluding carboxylic acids is 1. The van der Waals surface area contributed by atoms with Gasteiger partial charge in [-0.2, -0.15) is 0 Å². The SMILES string of the molecule is CC(C)NC(=O)c1cnc(C(C)C)cn1. The van der Waals surface area contributed by atoms with E-state index in [2.05, 4.69) is 15.3 Å². The average molecular weight is 207 g/mol. The molecule has 0 saturated heterocycles. The van der Waals surface area contributed by atoms with Crippen LogP contribution >= 0.6 is 0 Å². The van der Waals surface area contributed by atoms with E-state index in [0.717, 1.165) is 5.69 Å². The lowest BCUT2D eigenvalue weighted by Crippen LogP contribution is -2.30. The molecule has 0 aromatic carbocycles. The van der Waals surface area contributed by atoms with E-state index in [4.69, 9.17) is 0 Å². The zero-order chi connectivity index (χ0) is 11.4. The first-order chi connectivity index (χ1) is 7.00. The highest BCUT2D eigenvalue weighted by molar-refractivity contribution is 5.92. The lowest BCUT2D eigenvalue weighted by molar-refractivity contribution is 0.0937. The van der Waals surface area contributed by atoms with Gasteiger partial charge >= 0.3 is 0 Å². The fraction of sp³-hybridized carbons (Fsp3) is 0.545. The van der Waals surface area contributed by atoms with E-state index in [0.29, 0.717) is 11.6 Å². The van der Waals surface area contributed by atoms with Crippen LogP contribution in [0.3, 0.4) is 0 Å². The number of nitrogens with zero attached hydrogens (tertiary/aromatic N) is 2. The molecule has 1 amide bonds. The number of hydrogen-bond acceptors (Lipinski definition) is 3. The van der Waals surface area contributed by atoms with Crippen molar-refractivity contribution >= 4 is 5.91 Å². The Morgan fingerprint density at radius 3 is 2.27 bits per heavy atom. The molecule has 15 heavy (non-hydrogen) atoms. The van der Waals surface area contributed by atoms with E-state index in [9.17, 15) is 4.79 Å². The standard InChI is InChI=1S/C11H17N3O/c1-7(2)9-5-13-10(6-12-9)11(15)14-8(3)4/h5-8H,1-4H3,(H,14,15). The summed E-state index contributed by atoms with van der Waals surface area (Å²) in [4.78, 5) is 19.8. The Balaban J connectivity index is 2.75. The molecule has 0 aliphatic carbocycles. The Labute approximate surface area is 90.1 Å². The Hall–Kier alpha value is -1.45. The molecule has 0 bridgehead atoms. The van der Waals surface area contributed by atoms with Gasteiger partial charge in [-0.25, -0.2) is 4.98 Å². The van der Waals surface area contributed by atoms with Crippen LogP contribution in [-0.2, 0) is 0 Å². The van der Waals surface area contributed by atoms with Crippen molar-refractivity contribution in [3.8, 4) is 0 Å². The minimum absolute atomic E-state index is 0.115. The summed E-state index contributed by atoms with van der Waals surface area (Å²) in [5, 5.41) is 2.77. The number of amides is 1. The minimum Gasteiger partial charge on any atom is -0.348 e. The average Bonchev–Trinajstić information content (AvgIpc) is 2.17. The highest BCUT2D eigenvalue weighted by Gasteiger charge is 2.09. The molecule has 4 nitrogen and oxygen atoms in total. The normalized spacial score (nSPS) is 10.8. The van der Waals surface area contributed by atoms with Crippen molar-refractivity contribution in [2.24, 2.45) is 0 Å². The van der Waals surface area contributed by atoms with Crippen LogP contribution in [-0.4, -0.2) is 21.9 Å². The molecule has 1 rings (SSSR count). The molecular weight excluding hydrogens is 190 g/mol. The van der Waals surface area contributed by atoms with E-state index < -0.39 is 0 Å². The van der Waals surface area contributed by atoms with E-state index in [1.165, 1.54) is 6.20 Å². The Kier molecular flexibility index (Phi) is 3.77. The minimum atomic E-state index is -0.173. The van der Waals surface area contributed by atoms with Crippen molar-refractivity contribution in [2.75, 3.05) is 0 Å². The molecule has 1 aromatic rings. The van der Waals surface area contributed by atoms with Gasteiger partial charge < -0.3 is 5.32 Å². The molecule has 0 spiro atoms. The molecule has 0 saturated carbocycles. The van der Waals surface area contributed by atoms with E-state index in [-0.39, 0.29) is 11.9 Å². The molecule has 1 aromatic heterocycles. The molecule has 0 aliphatic heterocycles. The summed E-state index contributed by atoms with van der Waals surface area (Å²) >= 11 is 0. The predicted molar refractivity (Wildman–Crippen MR) is 58.7 cm³/mol. The Morgan fingerprint density at radius 2 is 1.87 bits per heavy atom. The van der Waals surface area contributed by atoms with Crippen LogP contribution in [0.15, 0.2) is 12.4 Å². The summed E-state index contributed by atoms with van der Waals surface area (Å²) in [6.07, 6.45) is 3.17. The van der Waals surface area contributed by atoms with Crippen molar-refractivity contribution in [3.63, 3.8) is 0 Å². The number of nitrogens with one attached hydrogen (secondary N) is 1. The Bertz CT molecular complexity index is 330. The maximum absolute atomic E-state index is 11.5. The maximum atomic E-state index is 11.5. The van der Waals surface area contributed by atoms with Gasteiger partial charge in [0.15, 0.2) is 0 Å². The van der Waals surface area contributed by atoms with E-state index in [1.807, 2.05) is 27.7 Å². The fourth-order valence-corrected chi connectivity index (χ4v) is 1.09. The van der Waals surface area contributed by atoms with Crippen LogP contribution < -0.4 is 5.32 Å². The van der Waals surface area contributed by atoms with Gasteiger partial charge in [0.2, 0.25) is 0 Å². The number of aromatic nitrogens is 2. The van der Waals surface area contributed by atoms with Crippen LogP contribution in [0.5, 0.6) is 0 Å². The van der Waals surface area contributed by atoms with Crippen LogP contribution in [0.25, 0.3) is 0 Å². The van der Waals surface area contributed by atoms with Crippen molar-refractivity contribution in [2.45, 2.75) is 39.7 Å². The molecule has 0 fully saturated rings. The van der Waals surface area contributed by atoms with Gasteiger partial charge in [-0.15, -0.1) is 0 Å². The highest BCUT2D eigenvalue weighted by atomic mass is 16.1. The van der Waals surface area contributed by atoms with Crippen LogP contribution in [0.2, 0.25) is 0 Å². The zero-order valence-electron chi connectivity index (χ0n) is 9.61. The predicted octanol–water partition coefficient (Wildman–Crippen LogP) is 1.74. The van der Waals surface area contributed by atoms with Crippen molar-refractivity contribution in [1.29, 1.82) is 0 Å². The lowest BCUT2D eigenvalue weighted by atomic mass is 10.1. The van der Waals surface area contributed by atoms with Crippen molar-refractivity contribution in [3.05, 3.63) is 23.8 Å². The number of rotatable bonds is 3. The third kappa shape index (κ3) is 3.31. The van der Waals surface area contributed by atoms with Gasteiger partial charge in [0.25, 0.3) is 5.91 Å². The number of hydrogen-bond donors (Lipinski definition) is 1. The largest absolute Gasteiger partial charge is 0.348 e. The molecule has 0 unspecified atom stereocenters. The molecule has 1 N–H and O–H groups in total. The molecular formula is C11H17N3O. The van der Waals surface area contributed by atoms with Crippen molar-refractivity contribution in [1.82, 2.24) is 15.3 Å². The second-order valence-electron chi connectivity index (χ2n) is 4.11. The summed E-state index contributed by atoms with van der Waals surface area (Å²) in [5.74, 6) is 0.160. The first kappa shape index (κ1) is 11.6. The zero-order valence-corrected chi connectivity index (χ0v) is 9.61. The lowest BCUT2D eigenvalue weighted by Gasteiger charge is -2.08. The molecule has 4 heteroatoms. The summed E-state index contributed by atoms with van der Waals surface area (Å²) in [5.41, 5.74) is 1.27. The summed E-state index contributed by atoms with van der Waals surface area (Å²) < 4.78 is 0. The quantitative estimate of drug-likeness (QED) is 0.821. The smallest absolute Gasteiger partial charge is 0.271 e. The van der Waals surface area contributed by atoms with Gasteiger partial charge in [-0.3, -0.25) is 9.78 Å². The first-order valence-electron chi connectivity index (χ1n) is 5.13. The Morgan fingerprint density at radius 1 is 1.20 bits per heavy atom. The van der Waals surface area contributed by atoms with E-state index in [1.54, 1.807) is 6.20 Å². The third-order valence-corrected chi connectivity index (χ3v) is 1.92. The molecule has 82 valence electrons. The topological polar surface area (TPSA) is 54.9 Å². The highest BCUT2D eigenvalue weighted by Crippen LogP contribution is 2.08. The molecule has 1 heterocycles.